The zero-order chi connectivity index (χ0) is 6.08. The Labute approximate surface area is 55.7 Å². The maximum Gasteiger partial charge on any atom is 2.00 e. The van der Waals surface area contributed by atoms with Crippen molar-refractivity contribution in [3.05, 3.63) is 0 Å². The number of rotatable bonds is 0. The molecule has 0 aliphatic carbocycles. The van der Waals surface area contributed by atoms with E-state index in [1.165, 1.54) is 0 Å². The van der Waals surface area contributed by atoms with Gasteiger partial charge in [-0.15, -0.1) is 0 Å². The van der Waals surface area contributed by atoms with Gasteiger partial charge in [-0.25, -0.2) is 0 Å². The molecule has 1 atom stereocenters. The molecule has 0 saturated carbocycles. The first kappa shape index (κ1) is 11.2. The Bertz CT molecular complexity index is 89.8. The standard InChI is InChI=1S/CHF3O2S.Ni/c2-1(3,4)7(5)6;/h(H,5,6);/q;+2/p-1. The Morgan fingerprint density at radius 3 is 1.50 bits per heavy atom. The Kier molecular flexibility index (Phi) is 4.81. The number of alkyl halides is 3. The van der Waals surface area contributed by atoms with Gasteiger partial charge in [-0.3, -0.25) is 4.21 Å². The van der Waals surface area contributed by atoms with E-state index in [0.29, 0.717) is 0 Å². The molecule has 0 aromatic rings. The molecule has 0 saturated heterocycles. The van der Waals surface area contributed by atoms with E-state index in [2.05, 4.69) is 0 Å². The molecule has 0 aliphatic heterocycles. The van der Waals surface area contributed by atoms with Gasteiger partial charge in [0, 0.05) is 0 Å². The van der Waals surface area contributed by atoms with Gasteiger partial charge in [0.1, 0.15) is 0 Å². The summed E-state index contributed by atoms with van der Waals surface area (Å²) in [7, 11) is 0. The van der Waals surface area contributed by atoms with Crippen molar-refractivity contribution in [3.8, 4) is 0 Å². The van der Waals surface area contributed by atoms with Crippen LogP contribution in [-0.4, -0.2) is 14.3 Å². The minimum Gasteiger partial charge on any atom is -0.766 e. The van der Waals surface area contributed by atoms with Gasteiger partial charge in [-0.2, -0.15) is 13.2 Å². The second kappa shape index (κ2) is 3.43. The van der Waals surface area contributed by atoms with Crippen LogP contribution in [-0.2, 0) is 27.6 Å². The molecule has 8 heavy (non-hydrogen) atoms. The quantitative estimate of drug-likeness (QED) is 0.411. The van der Waals surface area contributed by atoms with E-state index in [4.69, 9.17) is 8.76 Å². The zero-order valence-corrected chi connectivity index (χ0v) is 4.98. The van der Waals surface area contributed by atoms with Crippen molar-refractivity contribution in [1.29, 1.82) is 0 Å². The third-order valence-corrected chi connectivity index (χ3v) is 0.567. The number of hydrogen-bond acceptors (Lipinski definition) is 2. The number of halogens is 3. The molecule has 0 fully saturated rings. The summed E-state index contributed by atoms with van der Waals surface area (Å²) in [4.78, 5) is 0. The summed E-state index contributed by atoms with van der Waals surface area (Å²) < 4.78 is 49.5. The van der Waals surface area contributed by atoms with Crippen LogP contribution >= 0.6 is 0 Å². The second-order valence-corrected chi connectivity index (χ2v) is 1.61. The summed E-state index contributed by atoms with van der Waals surface area (Å²) in [6.45, 7) is 0. The van der Waals surface area contributed by atoms with E-state index in [1.807, 2.05) is 0 Å². The summed E-state index contributed by atoms with van der Waals surface area (Å²) in [6.07, 6.45) is 0. The van der Waals surface area contributed by atoms with Crippen molar-refractivity contribution in [3.63, 3.8) is 0 Å². The summed E-state index contributed by atoms with van der Waals surface area (Å²) in [5.41, 5.74) is -5.08. The average molecular weight is 192 g/mol. The minimum atomic E-state index is -5.08. The molecule has 0 heterocycles. The fourth-order valence-electron chi connectivity index (χ4n) is 0. The molecule has 52 valence electrons. The van der Waals surface area contributed by atoms with Crippen molar-refractivity contribution in [2.75, 3.05) is 0 Å². The van der Waals surface area contributed by atoms with Crippen molar-refractivity contribution in [1.82, 2.24) is 0 Å². The SMILES string of the molecule is O=S([O-])C(F)(F)F.[Ni+2]. The molecule has 0 amide bonds. The Balaban J connectivity index is 0. The molecule has 1 unspecified atom stereocenters. The third kappa shape index (κ3) is 4.55. The van der Waals surface area contributed by atoms with E-state index < -0.39 is 16.6 Å². The first-order chi connectivity index (χ1) is 2.94. The molecule has 0 aromatic heterocycles. The maximum atomic E-state index is 10.6. The Morgan fingerprint density at radius 2 is 1.50 bits per heavy atom. The van der Waals surface area contributed by atoms with Crippen molar-refractivity contribution in [2.24, 2.45) is 0 Å². The molecule has 0 radical (unpaired) electrons. The molecule has 0 bridgehead atoms. The van der Waals surface area contributed by atoms with Crippen molar-refractivity contribution >= 4 is 11.1 Å². The first-order valence-electron chi connectivity index (χ1n) is 1.10. The molecule has 0 aliphatic rings. The van der Waals surface area contributed by atoms with E-state index in [9.17, 15) is 13.2 Å². The van der Waals surface area contributed by atoms with E-state index in [0.717, 1.165) is 0 Å². The molecular formula is CF3NiO2S+. The van der Waals surface area contributed by atoms with Gasteiger partial charge in [0.05, 0.1) is 11.1 Å². The maximum absolute atomic E-state index is 10.6. The van der Waals surface area contributed by atoms with Crippen LogP contribution in [0.25, 0.3) is 0 Å². The van der Waals surface area contributed by atoms with Crippen LogP contribution in [0.2, 0.25) is 0 Å². The predicted octanol–water partition coefficient (Wildman–Crippen LogP) is 0.383. The molecule has 0 spiro atoms. The van der Waals surface area contributed by atoms with Crippen LogP contribution in [0.1, 0.15) is 0 Å². The van der Waals surface area contributed by atoms with Gasteiger partial charge in [0.2, 0.25) is 0 Å². The van der Waals surface area contributed by atoms with Gasteiger partial charge in [-0.1, -0.05) is 0 Å². The summed E-state index contributed by atoms with van der Waals surface area (Å²) in [5, 5.41) is 0. The summed E-state index contributed by atoms with van der Waals surface area (Å²) >= 11 is -3.93. The van der Waals surface area contributed by atoms with Crippen LogP contribution in [0.15, 0.2) is 0 Å². The first-order valence-corrected chi connectivity index (χ1v) is 2.18. The molecule has 0 N–H and O–H groups in total. The summed E-state index contributed by atoms with van der Waals surface area (Å²) in [6, 6.07) is 0. The molecule has 0 aromatic carbocycles. The minimum absolute atomic E-state index is 0. The summed E-state index contributed by atoms with van der Waals surface area (Å²) in [5.74, 6) is 0. The normalized spacial score (nSPS) is 14.5. The van der Waals surface area contributed by atoms with Crippen molar-refractivity contribution < 1.29 is 38.4 Å². The smallest absolute Gasteiger partial charge is 0.766 e. The average Bonchev–Trinajstić information content (AvgIpc) is 1.31. The van der Waals surface area contributed by atoms with Crippen LogP contribution in [0, 0.1) is 0 Å². The molecule has 0 rings (SSSR count). The van der Waals surface area contributed by atoms with Crippen LogP contribution in [0.5, 0.6) is 0 Å². The fraction of sp³-hybridized carbons (Fsp3) is 1.00. The van der Waals surface area contributed by atoms with Gasteiger partial charge in [0.15, 0.2) is 0 Å². The predicted molar refractivity (Wildman–Crippen MR) is 15.0 cm³/mol. The van der Waals surface area contributed by atoms with E-state index >= 15 is 0 Å². The van der Waals surface area contributed by atoms with Gasteiger partial charge in [0.25, 0.3) is 0 Å². The zero-order valence-electron chi connectivity index (χ0n) is 3.17. The number of hydrogen-bond donors (Lipinski definition) is 0. The van der Waals surface area contributed by atoms with Crippen LogP contribution in [0.3, 0.4) is 0 Å². The van der Waals surface area contributed by atoms with Gasteiger partial charge >= 0.3 is 22.0 Å². The van der Waals surface area contributed by atoms with Crippen molar-refractivity contribution in [2.45, 2.75) is 5.51 Å². The van der Waals surface area contributed by atoms with Crippen LogP contribution in [0.4, 0.5) is 13.2 Å². The van der Waals surface area contributed by atoms with E-state index in [-0.39, 0.29) is 16.5 Å². The van der Waals surface area contributed by atoms with E-state index in [1.54, 1.807) is 0 Å². The van der Waals surface area contributed by atoms with Gasteiger partial charge < -0.3 is 4.55 Å². The molecule has 7 heteroatoms. The Hall–Kier alpha value is 0.394. The largest absolute Gasteiger partial charge is 2.00 e. The Morgan fingerprint density at radius 1 is 1.38 bits per heavy atom. The molecule has 2 nitrogen and oxygen atoms in total. The second-order valence-electron chi connectivity index (χ2n) is 0.680. The third-order valence-electron chi connectivity index (χ3n) is 0.189. The van der Waals surface area contributed by atoms with Gasteiger partial charge in [-0.05, 0) is 0 Å². The monoisotopic (exact) mass is 191 g/mol. The fourth-order valence-corrected chi connectivity index (χ4v) is 0. The van der Waals surface area contributed by atoms with Crippen LogP contribution < -0.4 is 0 Å². The topological polar surface area (TPSA) is 40.1 Å². The molecular weight excluding hydrogens is 192 g/mol.